The molecule has 3 heteroatoms. The summed E-state index contributed by atoms with van der Waals surface area (Å²) in [5.41, 5.74) is 10.9. The molecule has 9 aromatic carbocycles. The molecule has 0 saturated heterocycles. The summed E-state index contributed by atoms with van der Waals surface area (Å²) in [5.74, 6) is 1.50. The zero-order valence-corrected chi connectivity index (χ0v) is 29.1. The van der Waals surface area contributed by atoms with Crippen molar-refractivity contribution in [3.63, 3.8) is 0 Å². The highest BCUT2D eigenvalue weighted by molar-refractivity contribution is 6.24. The van der Waals surface area contributed by atoms with Gasteiger partial charge >= 0.3 is 0 Å². The van der Waals surface area contributed by atoms with E-state index >= 15 is 0 Å². The number of hydrogen-bond acceptors (Lipinski definition) is 3. The van der Waals surface area contributed by atoms with E-state index in [4.69, 9.17) is 9.72 Å². The molecule has 3 nitrogen and oxygen atoms in total. The number of aromatic nitrogens is 2. The summed E-state index contributed by atoms with van der Waals surface area (Å²) >= 11 is 0. The van der Waals surface area contributed by atoms with Crippen molar-refractivity contribution in [2.45, 2.75) is 5.41 Å². The van der Waals surface area contributed by atoms with Crippen molar-refractivity contribution in [1.82, 2.24) is 9.97 Å². The minimum Gasteiger partial charge on any atom is -0.453 e. The summed E-state index contributed by atoms with van der Waals surface area (Å²) in [6.45, 7) is 0. The predicted octanol–water partition coefficient (Wildman–Crippen LogP) is 12.9. The van der Waals surface area contributed by atoms with Gasteiger partial charge in [-0.3, -0.25) is 0 Å². The molecule has 1 unspecified atom stereocenters. The van der Waals surface area contributed by atoms with Crippen LogP contribution in [0.1, 0.15) is 22.4 Å². The Bertz CT molecular complexity index is 3160. The summed E-state index contributed by atoms with van der Waals surface area (Å²) in [7, 11) is 0. The first kappa shape index (κ1) is 29.5. The third kappa shape index (κ3) is 3.85. The van der Waals surface area contributed by atoms with Crippen LogP contribution < -0.4 is 4.74 Å². The lowest BCUT2D eigenvalue weighted by molar-refractivity contribution is 0.426. The fraction of sp³-hybridized carbons (Fsp3) is 0.0196. The topological polar surface area (TPSA) is 35.0 Å². The van der Waals surface area contributed by atoms with Crippen molar-refractivity contribution in [3.05, 3.63) is 205 Å². The number of para-hydroxylation sites is 1. The molecule has 12 rings (SSSR count). The van der Waals surface area contributed by atoms with E-state index in [9.17, 15) is 0 Å². The van der Waals surface area contributed by atoms with Gasteiger partial charge in [0.1, 0.15) is 17.8 Å². The molecular weight excluding hydrogens is 657 g/mol. The van der Waals surface area contributed by atoms with Crippen molar-refractivity contribution < 1.29 is 4.74 Å². The number of fused-ring (bicyclic) bond motifs is 16. The Morgan fingerprint density at radius 2 is 1.15 bits per heavy atom. The Hall–Kier alpha value is -7.10. The van der Waals surface area contributed by atoms with E-state index in [1.54, 1.807) is 6.33 Å². The summed E-state index contributed by atoms with van der Waals surface area (Å²) < 4.78 is 6.65. The Labute approximate surface area is 311 Å². The fourth-order valence-corrected chi connectivity index (χ4v) is 9.63. The molecule has 0 amide bonds. The van der Waals surface area contributed by atoms with Crippen LogP contribution in [-0.2, 0) is 5.41 Å². The highest BCUT2D eigenvalue weighted by Crippen LogP contribution is 2.65. The van der Waals surface area contributed by atoms with Crippen LogP contribution in [0.25, 0.3) is 76.5 Å². The van der Waals surface area contributed by atoms with Crippen LogP contribution in [0.4, 0.5) is 0 Å². The fourth-order valence-electron chi connectivity index (χ4n) is 9.63. The highest BCUT2D eigenvalue weighted by Gasteiger charge is 2.53. The Morgan fingerprint density at radius 1 is 0.426 bits per heavy atom. The smallest absolute Gasteiger partial charge is 0.168 e. The van der Waals surface area contributed by atoms with Crippen molar-refractivity contribution >= 4 is 43.1 Å². The number of hydrogen-bond donors (Lipinski definition) is 0. The molecule has 250 valence electrons. The molecule has 1 aliphatic heterocycles. The molecule has 0 radical (unpaired) electrons. The van der Waals surface area contributed by atoms with Gasteiger partial charge in [0.25, 0.3) is 0 Å². The first-order valence-corrected chi connectivity index (χ1v) is 18.5. The molecule has 1 spiro atoms. The van der Waals surface area contributed by atoms with Gasteiger partial charge in [0.05, 0.1) is 11.6 Å². The number of nitrogens with zero attached hydrogens (tertiary/aromatic N) is 2. The molecule has 0 N–H and O–H groups in total. The van der Waals surface area contributed by atoms with Crippen LogP contribution in [0.3, 0.4) is 0 Å². The van der Waals surface area contributed by atoms with Crippen LogP contribution in [0.2, 0.25) is 0 Å². The van der Waals surface area contributed by atoms with Crippen LogP contribution in [0, 0.1) is 0 Å². The van der Waals surface area contributed by atoms with E-state index in [0.717, 1.165) is 17.0 Å². The maximum Gasteiger partial charge on any atom is 0.168 e. The van der Waals surface area contributed by atoms with E-state index in [1.165, 1.54) is 87.6 Å². The molecular formula is C51H30N2O. The zero-order chi connectivity index (χ0) is 35.4. The average Bonchev–Trinajstić information content (AvgIpc) is 3.54. The Morgan fingerprint density at radius 3 is 2.04 bits per heavy atom. The molecule has 0 saturated carbocycles. The lowest BCUT2D eigenvalue weighted by Gasteiger charge is -2.38. The molecule has 54 heavy (non-hydrogen) atoms. The largest absolute Gasteiger partial charge is 0.453 e. The molecule has 2 aliphatic rings. The molecule has 0 fully saturated rings. The quantitative estimate of drug-likeness (QED) is 0.170. The van der Waals surface area contributed by atoms with Crippen molar-refractivity contribution in [2.24, 2.45) is 0 Å². The normalized spacial score (nSPS) is 15.3. The van der Waals surface area contributed by atoms with Gasteiger partial charge in [0, 0.05) is 5.56 Å². The number of rotatable bonds is 2. The zero-order valence-electron chi connectivity index (χ0n) is 29.1. The first-order chi connectivity index (χ1) is 26.8. The van der Waals surface area contributed by atoms with Gasteiger partial charge in [-0.2, -0.15) is 0 Å². The van der Waals surface area contributed by atoms with Crippen LogP contribution >= 0.6 is 0 Å². The predicted molar refractivity (Wildman–Crippen MR) is 220 cm³/mol. The van der Waals surface area contributed by atoms with Gasteiger partial charge in [-0.1, -0.05) is 146 Å². The highest BCUT2D eigenvalue weighted by atomic mass is 16.5. The monoisotopic (exact) mass is 686 g/mol. The van der Waals surface area contributed by atoms with Crippen LogP contribution in [0.5, 0.6) is 11.5 Å². The van der Waals surface area contributed by atoms with Gasteiger partial charge in [-0.25, -0.2) is 9.97 Å². The van der Waals surface area contributed by atoms with Gasteiger partial charge in [0.2, 0.25) is 0 Å². The van der Waals surface area contributed by atoms with Crippen LogP contribution in [0.15, 0.2) is 182 Å². The van der Waals surface area contributed by atoms with Gasteiger partial charge in [-0.15, -0.1) is 0 Å². The van der Waals surface area contributed by atoms with E-state index in [0.29, 0.717) is 5.75 Å². The van der Waals surface area contributed by atoms with Crippen LogP contribution in [-0.4, -0.2) is 9.97 Å². The molecule has 10 aromatic rings. The Kier molecular flexibility index (Phi) is 5.98. The summed E-state index contributed by atoms with van der Waals surface area (Å²) in [5, 5.41) is 9.82. The standard InChI is InChI=1S/C51H30N2O/c1-2-13-32(14-3-1)40-27-34-16-6-7-17-36(34)47-39(40)24-25-43-49(47)48-38-19-9-8-18-37(38)41(35-23-22-31-12-4-5-15-33(31)26-35)28-44(48)51(43)42-20-10-11-21-45(42)54-46-29-52-30-53-50(46)51/h1-30H. The molecule has 1 aliphatic carbocycles. The van der Waals surface area contributed by atoms with Gasteiger partial charge < -0.3 is 4.74 Å². The molecule has 1 atom stereocenters. The third-order valence-corrected chi connectivity index (χ3v) is 11.8. The molecule has 1 aromatic heterocycles. The van der Waals surface area contributed by atoms with Gasteiger partial charge in [-0.05, 0) is 112 Å². The van der Waals surface area contributed by atoms with Crippen molar-refractivity contribution in [1.29, 1.82) is 0 Å². The molecule has 2 heterocycles. The first-order valence-electron chi connectivity index (χ1n) is 18.5. The summed E-state index contributed by atoms with van der Waals surface area (Å²) in [6.07, 6.45) is 3.50. The van der Waals surface area contributed by atoms with E-state index < -0.39 is 5.41 Å². The average molecular weight is 687 g/mol. The molecule has 0 bridgehead atoms. The third-order valence-electron chi connectivity index (χ3n) is 11.8. The minimum atomic E-state index is -0.772. The lowest BCUT2D eigenvalue weighted by Crippen LogP contribution is -2.33. The second-order valence-corrected chi connectivity index (χ2v) is 14.5. The SMILES string of the molecule is c1ccc(-c2cc3ccccc3c3c4c(ccc23)C2(c3ccccc3Oc3cncnc32)c2cc(-c3ccc5ccccc5c3)c3ccccc3c2-4)cc1. The number of benzene rings is 9. The van der Waals surface area contributed by atoms with Crippen molar-refractivity contribution in [2.75, 3.05) is 0 Å². The van der Waals surface area contributed by atoms with Crippen molar-refractivity contribution in [3.8, 4) is 44.9 Å². The van der Waals surface area contributed by atoms with Gasteiger partial charge in [0.15, 0.2) is 5.75 Å². The summed E-state index contributed by atoms with van der Waals surface area (Å²) in [4.78, 5) is 9.63. The Balaban J connectivity index is 1.32. The van der Waals surface area contributed by atoms with E-state index in [2.05, 4.69) is 175 Å². The summed E-state index contributed by atoms with van der Waals surface area (Å²) in [6, 6.07) is 62.1. The van der Waals surface area contributed by atoms with E-state index in [1.807, 2.05) is 6.20 Å². The minimum absolute atomic E-state index is 0.679. The second-order valence-electron chi connectivity index (χ2n) is 14.5. The maximum atomic E-state index is 6.65. The second kappa shape index (κ2) is 11.0. The maximum absolute atomic E-state index is 6.65. The number of ether oxygens (including phenoxy) is 1. The van der Waals surface area contributed by atoms with E-state index in [-0.39, 0.29) is 0 Å². The lowest BCUT2D eigenvalue weighted by atomic mass is 9.67.